The van der Waals surface area contributed by atoms with Crippen molar-refractivity contribution < 1.29 is 28.5 Å². The third-order valence-corrected chi connectivity index (χ3v) is 7.11. The Hall–Kier alpha value is -1.14. The maximum Gasteiger partial charge on any atom is 0.305 e. The molecular formula is C29H52O6. The average Bonchev–Trinajstić information content (AvgIpc) is 3.77. The van der Waals surface area contributed by atoms with Gasteiger partial charge < -0.3 is 18.9 Å². The number of esters is 2. The Kier molecular flexibility index (Phi) is 16.4. The minimum absolute atomic E-state index is 0.0892. The predicted molar refractivity (Wildman–Crippen MR) is 138 cm³/mol. The summed E-state index contributed by atoms with van der Waals surface area (Å²) in [5.41, 5.74) is 0. The summed E-state index contributed by atoms with van der Waals surface area (Å²) in [6, 6.07) is 0. The molecule has 4 atom stereocenters. The number of hydrogen-bond acceptors (Lipinski definition) is 6. The molecule has 0 radical (unpaired) electrons. The second-order valence-electron chi connectivity index (χ2n) is 10.4. The third-order valence-electron chi connectivity index (χ3n) is 7.11. The minimum atomic E-state index is -0.0892. The largest absolute Gasteiger partial charge is 0.466 e. The van der Waals surface area contributed by atoms with Crippen molar-refractivity contribution in [1.29, 1.82) is 0 Å². The quantitative estimate of drug-likeness (QED) is 0.0808. The SMILES string of the molecule is CCCCCC1OC1CCCOC(=O)CCCCCCCC(=O)OCCCC1OC1CCCCC. The Bertz CT molecular complexity index is 517. The van der Waals surface area contributed by atoms with Gasteiger partial charge in [-0.1, -0.05) is 71.6 Å². The number of carbonyl (C=O) groups is 2. The smallest absolute Gasteiger partial charge is 0.305 e. The van der Waals surface area contributed by atoms with Crippen LogP contribution in [0.15, 0.2) is 0 Å². The molecular weight excluding hydrogens is 444 g/mol. The summed E-state index contributed by atoms with van der Waals surface area (Å²) < 4.78 is 22.0. The lowest BCUT2D eigenvalue weighted by atomic mass is 10.1. The molecule has 2 aliphatic heterocycles. The molecule has 2 aliphatic rings. The van der Waals surface area contributed by atoms with Crippen molar-refractivity contribution in [3.8, 4) is 0 Å². The van der Waals surface area contributed by atoms with E-state index in [4.69, 9.17) is 18.9 Å². The van der Waals surface area contributed by atoms with Crippen molar-refractivity contribution in [3.05, 3.63) is 0 Å². The van der Waals surface area contributed by atoms with Gasteiger partial charge in [0.2, 0.25) is 0 Å². The van der Waals surface area contributed by atoms with Gasteiger partial charge in [-0.3, -0.25) is 9.59 Å². The van der Waals surface area contributed by atoms with E-state index in [2.05, 4.69) is 13.8 Å². The van der Waals surface area contributed by atoms with Gasteiger partial charge in [0.25, 0.3) is 0 Å². The van der Waals surface area contributed by atoms with Gasteiger partial charge >= 0.3 is 11.9 Å². The van der Waals surface area contributed by atoms with E-state index in [1.54, 1.807) is 0 Å². The second kappa shape index (κ2) is 19.0. The molecule has 0 N–H and O–H groups in total. The van der Waals surface area contributed by atoms with Crippen LogP contribution in [0.25, 0.3) is 0 Å². The molecule has 6 heteroatoms. The van der Waals surface area contributed by atoms with Gasteiger partial charge in [0, 0.05) is 12.8 Å². The van der Waals surface area contributed by atoms with E-state index in [-0.39, 0.29) is 11.9 Å². The molecule has 0 aromatic carbocycles. The van der Waals surface area contributed by atoms with Crippen molar-refractivity contribution in [1.82, 2.24) is 0 Å². The van der Waals surface area contributed by atoms with Crippen molar-refractivity contribution >= 4 is 11.9 Å². The fourth-order valence-electron chi connectivity index (χ4n) is 4.72. The molecule has 2 fully saturated rings. The molecule has 4 unspecified atom stereocenters. The van der Waals surface area contributed by atoms with Crippen molar-refractivity contribution in [2.24, 2.45) is 0 Å². The molecule has 2 heterocycles. The maximum atomic E-state index is 11.8. The fraction of sp³-hybridized carbons (Fsp3) is 0.931. The van der Waals surface area contributed by atoms with E-state index < -0.39 is 0 Å². The number of ether oxygens (including phenoxy) is 4. The van der Waals surface area contributed by atoms with Crippen LogP contribution in [0.1, 0.15) is 136 Å². The molecule has 204 valence electrons. The highest BCUT2D eigenvalue weighted by Gasteiger charge is 2.37. The van der Waals surface area contributed by atoms with Gasteiger partial charge in [0.05, 0.1) is 37.6 Å². The standard InChI is InChI=1S/C29H52O6/c1-3-5-10-16-24-26(34-24)18-14-22-32-28(30)20-12-8-7-9-13-21-29(31)33-23-15-19-27-25(35-27)17-11-6-4-2/h24-27H,3-23H2,1-2H3. The molecule has 0 spiro atoms. The van der Waals surface area contributed by atoms with Crippen LogP contribution >= 0.6 is 0 Å². The first-order valence-corrected chi connectivity index (χ1v) is 14.8. The highest BCUT2D eigenvalue weighted by Crippen LogP contribution is 2.31. The fourth-order valence-corrected chi connectivity index (χ4v) is 4.72. The summed E-state index contributed by atoms with van der Waals surface area (Å²) in [6.45, 7) is 5.46. The summed E-state index contributed by atoms with van der Waals surface area (Å²) in [5, 5.41) is 0. The zero-order valence-corrected chi connectivity index (χ0v) is 22.6. The van der Waals surface area contributed by atoms with Crippen LogP contribution in [0.3, 0.4) is 0 Å². The molecule has 0 saturated carbocycles. The van der Waals surface area contributed by atoms with Crippen LogP contribution in [0.5, 0.6) is 0 Å². The van der Waals surface area contributed by atoms with Gasteiger partial charge in [-0.2, -0.15) is 0 Å². The first-order chi connectivity index (χ1) is 17.1. The van der Waals surface area contributed by atoms with E-state index in [0.717, 1.165) is 57.8 Å². The molecule has 2 rings (SSSR count). The molecule has 2 saturated heterocycles. The van der Waals surface area contributed by atoms with Crippen LogP contribution in [-0.2, 0) is 28.5 Å². The first-order valence-electron chi connectivity index (χ1n) is 14.8. The van der Waals surface area contributed by atoms with Crippen molar-refractivity contribution in [3.63, 3.8) is 0 Å². The van der Waals surface area contributed by atoms with Crippen LogP contribution in [0.2, 0.25) is 0 Å². The van der Waals surface area contributed by atoms with Gasteiger partial charge in [-0.05, 0) is 51.4 Å². The van der Waals surface area contributed by atoms with Gasteiger partial charge in [-0.25, -0.2) is 0 Å². The normalized spacial score (nSPS) is 22.7. The Morgan fingerprint density at radius 1 is 0.514 bits per heavy atom. The molecule has 0 amide bonds. The van der Waals surface area contributed by atoms with Gasteiger partial charge in [0.1, 0.15) is 0 Å². The highest BCUT2D eigenvalue weighted by atomic mass is 16.6. The summed E-state index contributed by atoms with van der Waals surface area (Å²) in [4.78, 5) is 23.7. The average molecular weight is 497 g/mol. The number of hydrogen-bond donors (Lipinski definition) is 0. The zero-order valence-electron chi connectivity index (χ0n) is 22.6. The van der Waals surface area contributed by atoms with Crippen LogP contribution in [0, 0.1) is 0 Å². The topological polar surface area (TPSA) is 77.7 Å². The Morgan fingerprint density at radius 3 is 1.29 bits per heavy atom. The first kappa shape index (κ1) is 30.1. The summed E-state index contributed by atoms with van der Waals surface area (Å²) in [5.74, 6) is -0.178. The van der Waals surface area contributed by atoms with Crippen LogP contribution in [0.4, 0.5) is 0 Å². The Labute approximate surface area is 214 Å². The Morgan fingerprint density at radius 2 is 0.886 bits per heavy atom. The minimum Gasteiger partial charge on any atom is -0.466 e. The molecule has 35 heavy (non-hydrogen) atoms. The molecule has 0 aromatic rings. The lowest BCUT2D eigenvalue weighted by Gasteiger charge is -2.05. The molecule has 0 aliphatic carbocycles. The lowest BCUT2D eigenvalue weighted by Crippen LogP contribution is -2.07. The van der Waals surface area contributed by atoms with Crippen molar-refractivity contribution in [2.45, 2.75) is 160 Å². The second-order valence-corrected chi connectivity index (χ2v) is 10.4. The number of unbranched alkanes of at least 4 members (excludes halogenated alkanes) is 8. The molecule has 6 nitrogen and oxygen atoms in total. The predicted octanol–water partition coefficient (Wildman–Crippen LogP) is 7.06. The van der Waals surface area contributed by atoms with E-state index in [0.29, 0.717) is 50.5 Å². The van der Waals surface area contributed by atoms with Crippen LogP contribution in [-0.4, -0.2) is 49.6 Å². The van der Waals surface area contributed by atoms with Crippen LogP contribution < -0.4 is 0 Å². The third kappa shape index (κ3) is 15.6. The summed E-state index contributed by atoms with van der Waals surface area (Å²) in [6.07, 6.45) is 21.2. The summed E-state index contributed by atoms with van der Waals surface area (Å²) >= 11 is 0. The number of rotatable bonds is 24. The molecule has 0 bridgehead atoms. The number of epoxide rings is 2. The number of carbonyl (C=O) groups excluding carboxylic acids is 2. The monoisotopic (exact) mass is 496 g/mol. The maximum absolute atomic E-state index is 11.8. The van der Waals surface area contributed by atoms with E-state index in [9.17, 15) is 9.59 Å². The summed E-state index contributed by atoms with van der Waals surface area (Å²) in [7, 11) is 0. The van der Waals surface area contributed by atoms with Gasteiger partial charge in [-0.15, -0.1) is 0 Å². The highest BCUT2D eigenvalue weighted by molar-refractivity contribution is 5.69. The zero-order chi connectivity index (χ0) is 25.1. The van der Waals surface area contributed by atoms with Gasteiger partial charge in [0.15, 0.2) is 0 Å². The van der Waals surface area contributed by atoms with E-state index in [1.807, 2.05) is 0 Å². The molecule has 0 aromatic heterocycles. The van der Waals surface area contributed by atoms with Crippen molar-refractivity contribution in [2.75, 3.05) is 13.2 Å². The van der Waals surface area contributed by atoms with E-state index in [1.165, 1.54) is 51.4 Å². The van der Waals surface area contributed by atoms with E-state index >= 15 is 0 Å². The lowest BCUT2D eigenvalue weighted by molar-refractivity contribution is -0.144. The Balaban J connectivity index is 1.27.